The Morgan fingerprint density at radius 2 is 1.55 bits per heavy atom. The number of carbonyl (C=O) groups excluding carboxylic acids is 3. The number of hydrogen-bond donors (Lipinski definition) is 0. The maximum absolute atomic E-state index is 14.9. The number of anilines is 1. The Morgan fingerprint density at radius 1 is 0.857 bits per heavy atom. The topological polar surface area (TPSA) is 72.9 Å². The zero-order chi connectivity index (χ0) is 29.0. The van der Waals surface area contributed by atoms with Gasteiger partial charge in [0.25, 0.3) is 0 Å². The molecule has 4 aromatic rings. The normalized spacial score (nSPS) is 21.2. The molecule has 1 fully saturated rings. The Balaban J connectivity index is 1.56. The van der Waals surface area contributed by atoms with Gasteiger partial charge < -0.3 is 14.4 Å². The molecule has 7 rings (SSSR count). The number of carbonyl (C=O) groups is 3. The van der Waals surface area contributed by atoms with E-state index >= 15 is 0 Å². The van der Waals surface area contributed by atoms with Crippen molar-refractivity contribution >= 4 is 29.1 Å². The second kappa shape index (κ2) is 9.84. The van der Waals surface area contributed by atoms with Gasteiger partial charge in [-0.25, -0.2) is 0 Å². The lowest BCUT2D eigenvalue weighted by molar-refractivity contribution is 0.0664. The first kappa shape index (κ1) is 26.0. The molecule has 0 aromatic heterocycles. The molecule has 2 aliphatic heterocycles. The summed E-state index contributed by atoms with van der Waals surface area (Å²) >= 11 is 0. The molecular weight excluding hydrogens is 526 g/mol. The average molecular weight is 556 g/mol. The fourth-order valence-corrected chi connectivity index (χ4v) is 7.23. The zero-order valence-electron chi connectivity index (χ0n) is 23.3. The number of para-hydroxylation sites is 2. The number of ketones is 3. The summed E-state index contributed by atoms with van der Waals surface area (Å²) in [4.78, 5) is 46.5. The van der Waals surface area contributed by atoms with Gasteiger partial charge in [-0.15, -0.1) is 0 Å². The van der Waals surface area contributed by atoms with Gasteiger partial charge in [0.05, 0.1) is 19.8 Å². The van der Waals surface area contributed by atoms with Crippen LogP contribution in [0.15, 0.2) is 103 Å². The van der Waals surface area contributed by atoms with Crippen LogP contribution in [0.1, 0.15) is 55.0 Å². The maximum atomic E-state index is 14.9. The third-order valence-corrected chi connectivity index (χ3v) is 8.89. The molecule has 0 amide bonds. The van der Waals surface area contributed by atoms with E-state index < -0.39 is 23.4 Å². The van der Waals surface area contributed by atoms with Crippen LogP contribution in [0.5, 0.6) is 11.5 Å². The van der Waals surface area contributed by atoms with Crippen molar-refractivity contribution in [2.75, 3.05) is 18.6 Å². The Hall–Kier alpha value is -4.97. The third kappa shape index (κ3) is 3.48. The minimum absolute atomic E-state index is 0.200. The monoisotopic (exact) mass is 555 g/mol. The van der Waals surface area contributed by atoms with Crippen LogP contribution in [-0.4, -0.2) is 43.2 Å². The van der Waals surface area contributed by atoms with Crippen LogP contribution in [0.2, 0.25) is 0 Å². The van der Waals surface area contributed by atoms with Crippen molar-refractivity contribution in [2.24, 2.45) is 5.41 Å². The Morgan fingerprint density at radius 3 is 2.29 bits per heavy atom. The van der Waals surface area contributed by atoms with Gasteiger partial charge in [0.15, 0.2) is 17.3 Å². The highest BCUT2D eigenvalue weighted by Gasteiger charge is 2.71. The number of rotatable bonds is 6. The minimum Gasteiger partial charge on any atom is -0.497 e. The summed E-state index contributed by atoms with van der Waals surface area (Å²) in [7, 11) is 1.56. The summed E-state index contributed by atoms with van der Waals surface area (Å²) in [5.74, 6) is -0.461. The summed E-state index contributed by atoms with van der Waals surface area (Å²) < 4.78 is 11.6. The minimum atomic E-state index is -1.58. The molecule has 6 nitrogen and oxygen atoms in total. The molecule has 208 valence electrons. The first-order valence-corrected chi connectivity index (χ1v) is 14.2. The van der Waals surface area contributed by atoms with Crippen LogP contribution in [0.3, 0.4) is 0 Å². The molecule has 4 aromatic carbocycles. The van der Waals surface area contributed by atoms with Crippen LogP contribution in [0, 0.1) is 5.41 Å². The average Bonchev–Trinajstić information content (AvgIpc) is 3.47. The number of methoxy groups -OCH3 is 1. The van der Waals surface area contributed by atoms with Gasteiger partial charge in [-0.05, 0) is 36.8 Å². The van der Waals surface area contributed by atoms with E-state index in [0.717, 1.165) is 11.3 Å². The van der Waals surface area contributed by atoms with E-state index in [2.05, 4.69) is 0 Å². The van der Waals surface area contributed by atoms with Gasteiger partial charge in [-0.2, -0.15) is 0 Å². The molecule has 0 bridgehead atoms. The van der Waals surface area contributed by atoms with Crippen molar-refractivity contribution in [1.82, 2.24) is 0 Å². The van der Waals surface area contributed by atoms with Gasteiger partial charge >= 0.3 is 0 Å². The molecule has 3 unspecified atom stereocenters. The fraction of sp³-hybridized carbons (Fsp3) is 0.194. The van der Waals surface area contributed by atoms with Gasteiger partial charge in [0.1, 0.15) is 23.0 Å². The second-order valence-electron chi connectivity index (χ2n) is 10.8. The van der Waals surface area contributed by atoms with Gasteiger partial charge in [-0.1, -0.05) is 84.9 Å². The number of hydrogen-bond acceptors (Lipinski definition) is 6. The van der Waals surface area contributed by atoms with Crippen LogP contribution in [0.25, 0.3) is 6.08 Å². The van der Waals surface area contributed by atoms with E-state index in [4.69, 9.17) is 9.47 Å². The van der Waals surface area contributed by atoms with Crippen LogP contribution in [-0.2, 0) is 0 Å². The van der Waals surface area contributed by atoms with E-state index in [9.17, 15) is 14.4 Å². The van der Waals surface area contributed by atoms with Crippen molar-refractivity contribution in [3.05, 3.63) is 131 Å². The lowest BCUT2D eigenvalue weighted by Gasteiger charge is -2.37. The Labute approximate surface area is 244 Å². The van der Waals surface area contributed by atoms with Crippen molar-refractivity contribution < 1.29 is 23.9 Å². The molecule has 1 aliphatic carbocycles. The first-order chi connectivity index (χ1) is 20.5. The van der Waals surface area contributed by atoms with E-state index in [1.165, 1.54) is 0 Å². The zero-order valence-corrected chi connectivity index (χ0v) is 23.3. The van der Waals surface area contributed by atoms with Gasteiger partial charge in [0, 0.05) is 33.9 Å². The predicted octanol–water partition coefficient (Wildman–Crippen LogP) is 6.41. The van der Waals surface area contributed by atoms with Crippen LogP contribution < -0.4 is 14.4 Å². The van der Waals surface area contributed by atoms with Crippen molar-refractivity contribution in [2.45, 2.75) is 24.9 Å². The molecular formula is C36H29NO5. The highest BCUT2D eigenvalue weighted by Crippen LogP contribution is 2.62. The van der Waals surface area contributed by atoms with Crippen molar-refractivity contribution in [1.29, 1.82) is 0 Å². The molecule has 1 saturated heterocycles. The van der Waals surface area contributed by atoms with Crippen LogP contribution >= 0.6 is 0 Å². The molecule has 1 spiro atoms. The smallest absolute Gasteiger partial charge is 0.186 e. The van der Waals surface area contributed by atoms with Gasteiger partial charge in [0.2, 0.25) is 0 Å². The predicted molar refractivity (Wildman–Crippen MR) is 161 cm³/mol. The number of fused-ring (bicyclic) bond motifs is 5. The lowest BCUT2D eigenvalue weighted by Crippen LogP contribution is -2.48. The standard InChI is InChI=1S/C36H29NO5/c1-3-42-29-18-9-7-16-27(29)31-32(33(38)23-12-10-13-24(21-23)41-2)37-28-17-8-4-11-22(28)19-20-30(37)36(31)34(39)25-14-5-6-15-26(25)35(36)40/h4-21,30-32H,3H2,1-2H3. The van der Waals surface area contributed by atoms with E-state index in [0.29, 0.717) is 40.4 Å². The Bertz CT molecular complexity index is 1750. The fourth-order valence-electron chi connectivity index (χ4n) is 7.23. The van der Waals surface area contributed by atoms with Crippen molar-refractivity contribution in [3.63, 3.8) is 0 Å². The number of benzene rings is 4. The summed E-state index contributed by atoms with van der Waals surface area (Å²) in [5, 5.41) is 0. The summed E-state index contributed by atoms with van der Waals surface area (Å²) in [6.45, 7) is 2.29. The maximum Gasteiger partial charge on any atom is 0.186 e. The summed E-state index contributed by atoms with van der Waals surface area (Å²) in [6, 6.07) is 27.7. The number of Topliss-reactive ketones (excluding diaryl/α,β-unsaturated/α-hetero) is 3. The molecule has 6 heteroatoms. The highest BCUT2D eigenvalue weighted by molar-refractivity contribution is 6.32. The third-order valence-electron chi connectivity index (χ3n) is 8.89. The SMILES string of the molecule is CCOc1ccccc1C1C(C(=O)c2cccc(OC)c2)N2c3ccccc3C=CC2C12C(=O)c1ccccc1C2=O. The van der Waals surface area contributed by atoms with E-state index in [1.807, 2.05) is 72.5 Å². The van der Waals surface area contributed by atoms with Gasteiger partial charge in [-0.3, -0.25) is 14.4 Å². The van der Waals surface area contributed by atoms with E-state index in [1.54, 1.807) is 55.6 Å². The Kier molecular flexibility index (Phi) is 6.08. The number of nitrogens with zero attached hydrogens (tertiary/aromatic N) is 1. The lowest BCUT2D eigenvalue weighted by atomic mass is 9.64. The summed E-state index contributed by atoms with van der Waals surface area (Å²) in [5.41, 5.74) is 2.03. The quantitative estimate of drug-likeness (QED) is 0.202. The molecule has 3 atom stereocenters. The first-order valence-electron chi connectivity index (χ1n) is 14.2. The van der Waals surface area contributed by atoms with Crippen molar-refractivity contribution in [3.8, 4) is 11.5 Å². The summed E-state index contributed by atoms with van der Waals surface area (Å²) in [6.07, 6.45) is 3.89. The highest BCUT2D eigenvalue weighted by atomic mass is 16.5. The van der Waals surface area contributed by atoms with E-state index in [-0.39, 0.29) is 17.3 Å². The molecule has 0 N–H and O–H groups in total. The molecule has 42 heavy (non-hydrogen) atoms. The second-order valence-corrected chi connectivity index (χ2v) is 10.8. The molecule has 2 heterocycles. The molecule has 0 radical (unpaired) electrons. The molecule has 0 saturated carbocycles. The largest absolute Gasteiger partial charge is 0.497 e. The molecule has 3 aliphatic rings. The number of ether oxygens (including phenoxy) is 2. The van der Waals surface area contributed by atoms with Crippen LogP contribution in [0.4, 0.5) is 5.69 Å².